The smallest absolute Gasteiger partial charge is 0.313 e. The Labute approximate surface area is 118 Å². The van der Waals surface area contributed by atoms with Gasteiger partial charge in [-0.25, -0.2) is 4.39 Å². The molecule has 0 fully saturated rings. The number of hydrogen-bond donors (Lipinski definition) is 1. The summed E-state index contributed by atoms with van der Waals surface area (Å²) in [6.07, 6.45) is 0. The molecule has 7 heteroatoms. The first-order valence-corrected chi connectivity index (χ1v) is 6.32. The molecule has 20 heavy (non-hydrogen) atoms. The van der Waals surface area contributed by atoms with Gasteiger partial charge >= 0.3 is 5.69 Å². The van der Waals surface area contributed by atoms with E-state index in [1.807, 2.05) is 0 Å². The molecule has 1 N–H and O–H groups in total. The van der Waals surface area contributed by atoms with Crippen LogP contribution >= 0.6 is 11.8 Å². The van der Waals surface area contributed by atoms with Crippen molar-refractivity contribution in [2.75, 3.05) is 7.11 Å². The highest BCUT2D eigenvalue weighted by Gasteiger charge is 2.20. The van der Waals surface area contributed by atoms with Gasteiger partial charge in [0.25, 0.3) is 0 Å². The van der Waals surface area contributed by atoms with Gasteiger partial charge in [-0.2, -0.15) is 0 Å². The zero-order valence-electron chi connectivity index (χ0n) is 10.4. The number of para-hydroxylation sites is 1. The first kappa shape index (κ1) is 14.1. The molecule has 0 aliphatic rings. The Bertz CT molecular complexity index is 663. The fourth-order valence-corrected chi connectivity index (χ4v) is 2.45. The number of ether oxygens (including phenoxy) is 1. The Balaban J connectivity index is 2.43. The number of hydrogen-bond acceptors (Lipinski definition) is 5. The molecule has 0 aliphatic carbocycles. The number of methoxy groups -OCH3 is 1. The van der Waals surface area contributed by atoms with Crippen LogP contribution in [0.1, 0.15) is 0 Å². The van der Waals surface area contributed by atoms with Crippen molar-refractivity contribution in [1.82, 2.24) is 0 Å². The van der Waals surface area contributed by atoms with Gasteiger partial charge in [0.2, 0.25) is 0 Å². The summed E-state index contributed by atoms with van der Waals surface area (Å²) in [6.45, 7) is 0. The number of nitro benzene ring substituents is 1. The quantitative estimate of drug-likeness (QED) is 0.689. The molecule has 0 saturated carbocycles. The Kier molecular flexibility index (Phi) is 4.09. The third-order valence-corrected chi connectivity index (χ3v) is 3.61. The van der Waals surface area contributed by atoms with Gasteiger partial charge in [-0.3, -0.25) is 10.1 Å². The number of nitro groups is 1. The molecule has 0 bridgehead atoms. The van der Waals surface area contributed by atoms with E-state index in [1.165, 1.54) is 19.2 Å². The minimum absolute atomic E-state index is 0.00854. The van der Waals surface area contributed by atoms with Crippen molar-refractivity contribution in [1.29, 1.82) is 0 Å². The molecule has 2 rings (SSSR count). The minimum atomic E-state index is -0.745. The molecule has 5 nitrogen and oxygen atoms in total. The molecule has 2 aromatic carbocycles. The van der Waals surface area contributed by atoms with Crippen LogP contribution < -0.4 is 4.74 Å². The number of phenolic OH excluding ortho intramolecular Hbond substituents is 1. The highest BCUT2D eigenvalue weighted by atomic mass is 32.2. The largest absolute Gasteiger partial charge is 0.507 e. The third-order valence-electron chi connectivity index (χ3n) is 2.52. The van der Waals surface area contributed by atoms with Gasteiger partial charge in [0.05, 0.1) is 27.9 Å². The number of aromatic hydroxyl groups is 1. The van der Waals surface area contributed by atoms with Crippen LogP contribution in [0.15, 0.2) is 46.2 Å². The monoisotopic (exact) mass is 295 g/mol. The van der Waals surface area contributed by atoms with Crippen LogP contribution in [0.2, 0.25) is 0 Å². The van der Waals surface area contributed by atoms with E-state index in [0.29, 0.717) is 4.90 Å². The van der Waals surface area contributed by atoms with E-state index >= 15 is 0 Å². The summed E-state index contributed by atoms with van der Waals surface area (Å²) < 4.78 is 18.8. The summed E-state index contributed by atoms with van der Waals surface area (Å²) in [7, 11) is 1.27. The molecule has 0 radical (unpaired) electrons. The van der Waals surface area contributed by atoms with Crippen LogP contribution in [0.3, 0.4) is 0 Å². The lowest BCUT2D eigenvalue weighted by molar-refractivity contribution is -0.386. The summed E-state index contributed by atoms with van der Waals surface area (Å²) in [4.78, 5) is 10.6. The maximum atomic E-state index is 13.9. The van der Waals surface area contributed by atoms with E-state index in [-0.39, 0.29) is 16.4 Å². The lowest BCUT2D eigenvalue weighted by atomic mass is 10.3. The van der Waals surface area contributed by atoms with E-state index in [0.717, 1.165) is 17.8 Å². The predicted molar refractivity (Wildman–Crippen MR) is 71.8 cm³/mol. The fourth-order valence-electron chi connectivity index (χ4n) is 1.57. The lowest BCUT2D eigenvalue weighted by Gasteiger charge is -2.08. The summed E-state index contributed by atoms with van der Waals surface area (Å²) in [6, 6.07) is 8.48. The molecular formula is C13H10FNO4S. The second-order valence-corrected chi connectivity index (χ2v) is 4.87. The van der Waals surface area contributed by atoms with E-state index in [9.17, 15) is 19.6 Å². The van der Waals surface area contributed by atoms with Crippen molar-refractivity contribution >= 4 is 17.4 Å². The Hall–Kier alpha value is -2.28. The number of benzene rings is 2. The van der Waals surface area contributed by atoms with Crippen LogP contribution in [0.5, 0.6) is 11.5 Å². The van der Waals surface area contributed by atoms with Crippen molar-refractivity contribution in [3.63, 3.8) is 0 Å². The maximum absolute atomic E-state index is 13.9. The van der Waals surface area contributed by atoms with Crippen molar-refractivity contribution < 1.29 is 19.2 Å². The van der Waals surface area contributed by atoms with Gasteiger partial charge in [-0.1, -0.05) is 23.9 Å². The number of halogens is 1. The van der Waals surface area contributed by atoms with E-state index in [1.54, 1.807) is 18.2 Å². The van der Waals surface area contributed by atoms with Crippen molar-refractivity contribution in [3.05, 3.63) is 52.3 Å². The van der Waals surface area contributed by atoms with E-state index in [4.69, 9.17) is 4.74 Å². The highest BCUT2D eigenvalue weighted by molar-refractivity contribution is 7.99. The molecule has 0 amide bonds. The van der Waals surface area contributed by atoms with Crippen LogP contribution in [0, 0.1) is 15.9 Å². The van der Waals surface area contributed by atoms with Gasteiger partial charge in [0.15, 0.2) is 5.75 Å². The van der Waals surface area contributed by atoms with Crippen molar-refractivity contribution in [2.24, 2.45) is 0 Å². The fraction of sp³-hybridized carbons (Fsp3) is 0.0769. The number of phenols is 1. The topological polar surface area (TPSA) is 72.6 Å². The summed E-state index contributed by atoms with van der Waals surface area (Å²) in [5, 5.41) is 20.4. The molecule has 0 atom stereocenters. The highest BCUT2D eigenvalue weighted by Crippen LogP contribution is 2.39. The van der Waals surface area contributed by atoms with Crippen LogP contribution in [-0.2, 0) is 0 Å². The molecule has 0 heterocycles. The average Bonchev–Trinajstić information content (AvgIpc) is 2.42. The van der Waals surface area contributed by atoms with E-state index < -0.39 is 16.4 Å². The van der Waals surface area contributed by atoms with Crippen LogP contribution in [0.25, 0.3) is 0 Å². The number of rotatable bonds is 4. The van der Waals surface area contributed by atoms with Crippen molar-refractivity contribution in [3.8, 4) is 11.5 Å². The molecule has 0 saturated heterocycles. The van der Waals surface area contributed by atoms with Gasteiger partial charge in [-0.15, -0.1) is 0 Å². The first-order valence-electron chi connectivity index (χ1n) is 5.50. The Morgan fingerprint density at radius 3 is 2.60 bits per heavy atom. The Morgan fingerprint density at radius 1 is 1.30 bits per heavy atom. The molecule has 0 aromatic heterocycles. The zero-order valence-corrected chi connectivity index (χ0v) is 11.2. The molecule has 104 valence electrons. The molecule has 0 aliphatic heterocycles. The standard InChI is InChI=1S/C13H10FNO4S/c1-19-11-7-13(8(14)6-9(11)15(17)18)20-12-5-3-2-4-10(12)16/h2-7,16H,1H3. The lowest BCUT2D eigenvalue weighted by Crippen LogP contribution is -1.96. The first-order chi connectivity index (χ1) is 9.52. The molecule has 0 unspecified atom stereocenters. The normalized spacial score (nSPS) is 10.3. The minimum Gasteiger partial charge on any atom is -0.507 e. The molecular weight excluding hydrogens is 285 g/mol. The summed E-state index contributed by atoms with van der Waals surface area (Å²) in [5.41, 5.74) is -0.438. The second kappa shape index (κ2) is 5.79. The molecule has 2 aromatic rings. The summed E-state index contributed by atoms with van der Waals surface area (Å²) >= 11 is 0.963. The SMILES string of the molecule is COc1cc(Sc2ccccc2O)c(F)cc1[N+](=O)[O-]. The average molecular weight is 295 g/mol. The molecule has 0 spiro atoms. The van der Waals surface area contributed by atoms with Gasteiger partial charge in [-0.05, 0) is 12.1 Å². The van der Waals surface area contributed by atoms with E-state index in [2.05, 4.69) is 0 Å². The predicted octanol–water partition coefficient (Wildman–Crippen LogP) is 3.60. The van der Waals surface area contributed by atoms with Crippen molar-refractivity contribution in [2.45, 2.75) is 9.79 Å². The Morgan fingerprint density at radius 2 is 2.00 bits per heavy atom. The van der Waals surface area contributed by atoms with Crippen LogP contribution in [-0.4, -0.2) is 17.1 Å². The van der Waals surface area contributed by atoms with Gasteiger partial charge in [0.1, 0.15) is 11.6 Å². The van der Waals surface area contributed by atoms with Gasteiger partial charge < -0.3 is 9.84 Å². The number of nitrogens with zero attached hydrogens (tertiary/aromatic N) is 1. The summed E-state index contributed by atoms with van der Waals surface area (Å²) in [5.74, 6) is -0.769. The maximum Gasteiger partial charge on any atom is 0.313 e. The second-order valence-electron chi connectivity index (χ2n) is 3.78. The zero-order chi connectivity index (χ0) is 14.7. The third kappa shape index (κ3) is 2.83. The van der Waals surface area contributed by atoms with Crippen LogP contribution in [0.4, 0.5) is 10.1 Å². The van der Waals surface area contributed by atoms with Gasteiger partial charge in [0, 0.05) is 6.07 Å².